The van der Waals surface area contributed by atoms with Gasteiger partial charge in [-0.05, 0) is 50.6 Å². The number of hydrogen-bond donors (Lipinski definition) is 0. The lowest BCUT2D eigenvalue weighted by Crippen LogP contribution is -2.46. The average Bonchev–Trinajstić information content (AvgIpc) is 3.08. The molecule has 0 radical (unpaired) electrons. The van der Waals surface area contributed by atoms with Crippen molar-refractivity contribution in [3.8, 4) is 0 Å². The molecule has 2 aromatic rings. The van der Waals surface area contributed by atoms with Gasteiger partial charge < -0.3 is 9.80 Å². The van der Waals surface area contributed by atoms with Crippen molar-refractivity contribution in [2.45, 2.75) is 54.0 Å². The topological polar surface area (TPSA) is 6.48 Å². The van der Waals surface area contributed by atoms with Gasteiger partial charge in [-0.15, -0.1) is 0 Å². The maximum atomic E-state index is 2.35. The van der Waals surface area contributed by atoms with E-state index in [-0.39, 0.29) is 11.0 Å². The first-order valence-electron chi connectivity index (χ1n) is 10.6. The van der Waals surface area contributed by atoms with E-state index in [1.165, 1.54) is 16.9 Å². The Balaban J connectivity index is 0.000000166. The van der Waals surface area contributed by atoms with Gasteiger partial charge in [0.25, 0.3) is 0 Å². The van der Waals surface area contributed by atoms with Crippen molar-refractivity contribution >= 4 is 11.4 Å². The van der Waals surface area contributed by atoms with Crippen LogP contribution in [0, 0.1) is 10.8 Å². The van der Waals surface area contributed by atoms with Gasteiger partial charge in [-0.1, -0.05) is 70.2 Å². The highest BCUT2D eigenvalue weighted by atomic mass is 15.2. The van der Waals surface area contributed by atoms with Crippen molar-refractivity contribution in [3.05, 3.63) is 84.7 Å². The molecule has 0 saturated heterocycles. The number of nitrogens with zero attached hydrogens (tertiary/aromatic N) is 2. The van der Waals surface area contributed by atoms with Gasteiger partial charge in [0.05, 0.1) is 0 Å². The minimum absolute atomic E-state index is 0.133. The SMILES string of the molecule is CC1(C)C=CN(c2ccccc2)C1(C)C.CC1=CN(c2ccccc2)CC1(C)C. The normalized spacial score (nSPS) is 20.9. The molecule has 0 spiro atoms. The van der Waals surface area contributed by atoms with E-state index in [0.717, 1.165) is 6.54 Å². The first kappa shape index (κ1) is 21.2. The molecule has 0 fully saturated rings. The van der Waals surface area contributed by atoms with Crippen molar-refractivity contribution in [2.75, 3.05) is 16.3 Å². The summed E-state index contributed by atoms with van der Waals surface area (Å²) in [4.78, 5) is 4.68. The molecule has 29 heavy (non-hydrogen) atoms. The fraction of sp³-hybridized carbons (Fsp3) is 0.407. The molecule has 0 unspecified atom stereocenters. The van der Waals surface area contributed by atoms with Gasteiger partial charge in [-0.3, -0.25) is 0 Å². The third-order valence-electron chi connectivity index (χ3n) is 6.92. The molecular formula is C27H36N2. The summed E-state index contributed by atoms with van der Waals surface area (Å²) in [7, 11) is 0. The minimum Gasteiger partial charge on any atom is -0.347 e. The van der Waals surface area contributed by atoms with E-state index < -0.39 is 0 Å². The molecule has 0 bridgehead atoms. The summed E-state index contributed by atoms with van der Waals surface area (Å²) in [5.41, 5.74) is 4.68. The second kappa shape index (κ2) is 7.74. The van der Waals surface area contributed by atoms with Crippen molar-refractivity contribution in [3.63, 3.8) is 0 Å². The lowest BCUT2D eigenvalue weighted by Gasteiger charge is -2.42. The van der Waals surface area contributed by atoms with Gasteiger partial charge in [-0.25, -0.2) is 0 Å². The predicted octanol–water partition coefficient (Wildman–Crippen LogP) is 7.26. The van der Waals surface area contributed by atoms with Crippen molar-refractivity contribution in [1.29, 1.82) is 0 Å². The quantitative estimate of drug-likeness (QED) is 0.534. The molecule has 0 saturated carbocycles. The van der Waals surface area contributed by atoms with Crippen LogP contribution in [0.15, 0.2) is 84.7 Å². The van der Waals surface area contributed by atoms with Gasteiger partial charge in [0.15, 0.2) is 0 Å². The summed E-state index contributed by atoms with van der Waals surface area (Å²) < 4.78 is 0. The zero-order valence-corrected chi connectivity index (χ0v) is 19.1. The van der Waals surface area contributed by atoms with Gasteiger partial charge >= 0.3 is 0 Å². The Kier molecular flexibility index (Phi) is 5.67. The summed E-state index contributed by atoms with van der Waals surface area (Å²) in [5, 5.41) is 0. The minimum atomic E-state index is 0.133. The van der Waals surface area contributed by atoms with Crippen LogP contribution in [0.5, 0.6) is 0 Å². The van der Waals surface area contributed by atoms with E-state index in [4.69, 9.17) is 0 Å². The van der Waals surface area contributed by atoms with E-state index >= 15 is 0 Å². The van der Waals surface area contributed by atoms with Crippen LogP contribution in [0.3, 0.4) is 0 Å². The maximum absolute atomic E-state index is 2.35. The van der Waals surface area contributed by atoms with Crippen molar-refractivity contribution in [1.82, 2.24) is 0 Å². The lowest BCUT2D eigenvalue weighted by atomic mass is 9.76. The summed E-state index contributed by atoms with van der Waals surface area (Å²) in [5.74, 6) is 0. The summed E-state index contributed by atoms with van der Waals surface area (Å²) in [6, 6.07) is 21.1. The van der Waals surface area contributed by atoms with E-state index in [0.29, 0.717) is 5.41 Å². The van der Waals surface area contributed by atoms with Crippen LogP contribution in [-0.2, 0) is 0 Å². The number of benzene rings is 2. The average molecular weight is 389 g/mol. The summed E-state index contributed by atoms with van der Waals surface area (Å²) in [6.07, 6.45) is 6.75. The molecule has 2 nitrogen and oxygen atoms in total. The van der Waals surface area contributed by atoms with Gasteiger partial charge in [0.1, 0.15) is 0 Å². The molecule has 2 heterocycles. The van der Waals surface area contributed by atoms with E-state index in [1.54, 1.807) is 0 Å². The standard InChI is InChI=1S/C14H19N.C13H17N/c1-13(2)10-11-15(14(13,3)4)12-8-6-5-7-9-12;1-11-9-14(10-13(11,2)3)12-7-5-4-6-8-12/h5-11H,1-4H3;4-9H,10H2,1-3H3. The zero-order valence-electron chi connectivity index (χ0n) is 19.1. The molecule has 4 rings (SSSR count). The molecule has 154 valence electrons. The molecule has 2 aromatic carbocycles. The Bertz CT molecular complexity index is 873. The van der Waals surface area contributed by atoms with Crippen LogP contribution in [0.2, 0.25) is 0 Å². The molecule has 0 N–H and O–H groups in total. The second-order valence-electron chi connectivity index (χ2n) is 9.96. The molecule has 0 aromatic heterocycles. The van der Waals surface area contributed by atoms with Gasteiger partial charge in [-0.2, -0.15) is 0 Å². The Morgan fingerprint density at radius 2 is 1.24 bits per heavy atom. The Morgan fingerprint density at radius 3 is 1.66 bits per heavy atom. The van der Waals surface area contributed by atoms with E-state index in [9.17, 15) is 0 Å². The van der Waals surface area contributed by atoms with Crippen LogP contribution in [0.4, 0.5) is 11.4 Å². The third kappa shape index (κ3) is 4.27. The first-order chi connectivity index (χ1) is 13.5. The van der Waals surface area contributed by atoms with Crippen LogP contribution < -0.4 is 9.80 Å². The largest absolute Gasteiger partial charge is 0.347 e. The summed E-state index contributed by atoms with van der Waals surface area (Å²) >= 11 is 0. The molecule has 2 aliphatic heterocycles. The van der Waals surface area contributed by atoms with Gasteiger partial charge in [0, 0.05) is 46.7 Å². The van der Waals surface area contributed by atoms with E-state index in [2.05, 4.69) is 137 Å². The highest BCUT2D eigenvalue weighted by Crippen LogP contribution is 2.44. The third-order valence-corrected chi connectivity index (χ3v) is 6.92. The Labute approximate surface area is 177 Å². The summed E-state index contributed by atoms with van der Waals surface area (Å²) in [6.45, 7) is 17.0. The smallest absolute Gasteiger partial charge is 0.0475 e. The molecule has 0 amide bonds. The molecular weight excluding hydrogens is 352 g/mol. The van der Waals surface area contributed by atoms with E-state index in [1.807, 2.05) is 0 Å². The van der Waals surface area contributed by atoms with Gasteiger partial charge in [0.2, 0.25) is 0 Å². The Morgan fingerprint density at radius 1 is 0.724 bits per heavy atom. The predicted molar refractivity (Wildman–Crippen MR) is 127 cm³/mol. The second-order valence-corrected chi connectivity index (χ2v) is 9.96. The monoisotopic (exact) mass is 388 g/mol. The Hall–Kier alpha value is -2.48. The van der Waals surface area contributed by atoms with Crippen LogP contribution >= 0.6 is 0 Å². The van der Waals surface area contributed by atoms with Crippen molar-refractivity contribution in [2.24, 2.45) is 10.8 Å². The number of rotatable bonds is 2. The van der Waals surface area contributed by atoms with Crippen molar-refractivity contribution < 1.29 is 0 Å². The first-order valence-corrected chi connectivity index (χ1v) is 10.6. The molecule has 2 heteroatoms. The molecule has 0 aliphatic carbocycles. The number of anilines is 2. The van der Waals surface area contributed by atoms with Crippen LogP contribution in [0.1, 0.15) is 48.5 Å². The fourth-order valence-electron chi connectivity index (χ4n) is 3.75. The number of para-hydroxylation sites is 2. The number of hydrogen-bond acceptors (Lipinski definition) is 2. The molecule has 2 aliphatic rings. The van der Waals surface area contributed by atoms with Crippen LogP contribution in [-0.4, -0.2) is 12.1 Å². The lowest BCUT2D eigenvalue weighted by molar-refractivity contribution is 0.289. The maximum Gasteiger partial charge on any atom is 0.0475 e. The fourth-order valence-corrected chi connectivity index (χ4v) is 3.75. The highest BCUT2D eigenvalue weighted by molar-refractivity contribution is 5.55. The molecule has 0 atom stereocenters. The zero-order chi connectivity index (χ0) is 21.3. The highest BCUT2D eigenvalue weighted by Gasteiger charge is 2.43. The van der Waals surface area contributed by atoms with Crippen LogP contribution in [0.25, 0.3) is 0 Å².